The molecule has 0 fully saturated rings. The summed E-state index contributed by atoms with van der Waals surface area (Å²) in [5.74, 6) is -0.713. The monoisotopic (exact) mass is 153 g/mol. The van der Waals surface area contributed by atoms with Crippen molar-refractivity contribution < 1.29 is 9.18 Å². The SMILES string of the molecule is NC(=O)Cc1ccc(F)cc1. The van der Waals surface area contributed by atoms with E-state index < -0.39 is 5.91 Å². The Hall–Kier alpha value is -1.38. The van der Waals surface area contributed by atoms with Crippen molar-refractivity contribution in [2.75, 3.05) is 0 Å². The van der Waals surface area contributed by atoms with E-state index in [2.05, 4.69) is 0 Å². The van der Waals surface area contributed by atoms with Gasteiger partial charge in [-0.2, -0.15) is 0 Å². The predicted molar refractivity (Wildman–Crippen MR) is 39.3 cm³/mol. The standard InChI is InChI=1S/C8H8FNO/c9-7-3-1-6(2-4-7)5-8(10)11/h1-4H,5H2,(H2,10,11). The quantitative estimate of drug-likeness (QED) is 0.672. The zero-order valence-corrected chi connectivity index (χ0v) is 5.88. The number of hydrogen-bond donors (Lipinski definition) is 1. The van der Waals surface area contributed by atoms with Crippen molar-refractivity contribution in [1.29, 1.82) is 0 Å². The molecule has 2 N–H and O–H groups in total. The number of benzene rings is 1. The summed E-state index contributed by atoms with van der Waals surface area (Å²) in [6, 6.07) is 5.69. The summed E-state index contributed by atoms with van der Waals surface area (Å²) in [5, 5.41) is 0. The van der Waals surface area contributed by atoms with Crippen LogP contribution in [0.25, 0.3) is 0 Å². The molecule has 3 heteroatoms. The van der Waals surface area contributed by atoms with Crippen LogP contribution in [0.2, 0.25) is 0 Å². The maximum atomic E-state index is 12.3. The van der Waals surface area contributed by atoms with E-state index in [-0.39, 0.29) is 12.2 Å². The van der Waals surface area contributed by atoms with Gasteiger partial charge in [-0.25, -0.2) is 4.39 Å². The molecule has 0 atom stereocenters. The Labute approximate surface area is 63.8 Å². The van der Waals surface area contributed by atoms with E-state index >= 15 is 0 Å². The zero-order valence-electron chi connectivity index (χ0n) is 5.88. The van der Waals surface area contributed by atoms with E-state index in [1.165, 1.54) is 12.1 Å². The van der Waals surface area contributed by atoms with Crippen LogP contribution in [-0.2, 0) is 11.2 Å². The number of carbonyl (C=O) groups is 1. The molecule has 0 aromatic heterocycles. The number of primary amides is 1. The van der Waals surface area contributed by atoms with E-state index in [0.29, 0.717) is 0 Å². The Balaban J connectivity index is 2.74. The average molecular weight is 153 g/mol. The van der Waals surface area contributed by atoms with Gasteiger partial charge in [-0.1, -0.05) is 12.1 Å². The fourth-order valence-corrected chi connectivity index (χ4v) is 0.803. The van der Waals surface area contributed by atoms with E-state index in [0.717, 1.165) is 5.56 Å². The Morgan fingerprint density at radius 1 is 1.36 bits per heavy atom. The zero-order chi connectivity index (χ0) is 8.27. The number of hydrogen-bond acceptors (Lipinski definition) is 1. The molecule has 0 bridgehead atoms. The van der Waals surface area contributed by atoms with Gasteiger partial charge in [0.05, 0.1) is 6.42 Å². The lowest BCUT2D eigenvalue weighted by molar-refractivity contribution is -0.117. The largest absolute Gasteiger partial charge is 0.369 e. The Morgan fingerprint density at radius 3 is 2.36 bits per heavy atom. The molecule has 1 aromatic carbocycles. The summed E-state index contributed by atoms with van der Waals surface area (Å²) in [4.78, 5) is 10.4. The summed E-state index contributed by atoms with van der Waals surface area (Å²) >= 11 is 0. The minimum atomic E-state index is -0.406. The van der Waals surface area contributed by atoms with Crippen LogP contribution in [0.4, 0.5) is 4.39 Å². The molecule has 0 saturated heterocycles. The van der Waals surface area contributed by atoms with Crippen molar-refractivity contribution in [2.45, 2.75) is 6.42 Å². The van der Waals surface area contributed by atoms with Crippen LogP contribution in [0.15, 0.2) is 24.3 Å². The van der Waals surface area contributed by atoms with Crippen LogP contribution in [0.3, 0.4) is 0 Å². The van der Waals surface area contributed by atoms with Gasteiger partial charge < -0.3 is 5.73 Å². The Kier molecular flexibility index (Phi) is 2.21. The fraction of sp³-hybridized carbons (Fsp3) is 0.125. The van der Waals surface area contributed by atoms with Gasteiger partial charge in [0.1, 0.15) is 5.82 Å². The second kappa shape index (κ2) is 3.14. The maximum absolute atomic E-state index is 12.3. The highest BCUT2D eigenvalue weighted by Crippen LogP contribution is 2.02. The summed E-state index contributed by atoms with van der Waals surface area (Å²) in [6.07, 6.45) is 0.167. The van der Waals surface area contributed by atoms with Gasteiger partial charge in [-0.15, -0.1) is 0 Å². The predicted octanol–water partition coefficient (Wildman–Crippen LogP) is 0.853. The first kappa shape index (κ1) is 7.72. The van der Waals surface area contributed by atoms with Crippen molar-refractivity contribution in [3.63, 3.8) is 0 Å². The number of nitrogens with two attached hydrogens (primary N) is 1. The molecule has 58 valence electrons. The van der Waals surface area contributed by atoms with Crippen LogP contribution >= 0.6 is 0 Å². The highest BCUT2D eigenvalue weighted by atomic mass is 19.1. The number of amides is 1. The van der Waals surface area contributed by atoms with Gasteiger partial charge in [0.15, 0.2) is 0 Å². The first-order valence-electron chi connectivity index (χ1n) is 3.21. The summed E-state index contributed by atoms with van der Waals surface area (Å²) < 4.78 is 12.3. The third-order valence-electron chi connectivity index (χ3n) is 1.29. The molecule has 0 aliphatic heterocycles. The van der Waals surface area contributed by atoms with E-state index in [4.69, 9.17) is 5.73 Å². The first-order chi connectivity index (χ1) is 5.18. The van der Waals surface area contributed by atoms with Gasteiger partial charge in [-0.05, 0) is 17.7 Å². The Morgan fingerprint density at radius 2 is 1.91 bits per heavy atom. The van der Waals surface area contributed by atoms with E-state index in [1.54, 1.807) is 12.1 Å². The molecule has 0 unspecified atom stereocenters. The third kappa shape index (κ3) is 2.37. The lowest BCUT2D eigenvalue weighted by atomic mass is 10.1. The summed E-state index contributed by atoms with van der Waals surface area (Å²) in [6.45, 7) is 0. The molecule has 2 nitrogen and oxygen atoms in total. The second-order valence-corrected chi connectivity index (χ2v) is 2.27. The second-order valence-electron chi connectivity index (χ2n) is 2.27. The van der Waals surface area contributed by atoms with Crippen molar-refractivity contribution in [2.24, 2.45) is 5.73 Å². The Bertz CT molecular complexity index is 255. The first-order valence-corrected chi connectivity index (χ1v) is 3.21. The molecule has 1 aromatic rings. The van der Waals surface area contributed by atoms with Crippen molar-refractivity contribution >= 4 is 5.91 Å². The number of carbonyl (C=O) groups excluding carboxylic acids is 1. The molecular formula is C8H8FNO. The van der Waals surface area contributed by atoms with Gasteiger partial charge >= 0.3 is 0 Å². The molecule has 0 heterocycles. The molecule has 0 spiro atoms. The fourth-order valence-electron chi connectivity index (χ4n) is 0.803. The highest BCUT2D eigenvalue weighted by Gasteiger charge is 1.97. The molecule has 1 amide bonds. The molecule has 0 aliphatic carbocycles. The molecule has 0 saturated carbocycles. The normalized spacial score (nSPS) is 9.55. The minimum Gasteiger partial charge on any atom is -0.369 e. The molecule has 0 aliphatic rings. The molecular weight excluding hydrogens is 145 g/mol. The summed E-state index contributed by atoms with van der Waals surface area (Å²) in [5.41, 5.74) is 5.66. The van der Waals surface area contributed by atoms with Crippen LogP contribution in [-0.4, -0.2) is 5.91 Å². The van der Waals surface area contributed by atoms with Gasteiger partial charge in [0.25, 0.3) is 0 Å². The summed E-state index contributed by atoms with van der Waals surface area (Å²) in [7, 11) is 0. The lowest BCUT2D eigenvalue weighted by Gasteiger charge is -1.95. The van der Waals surface area contributed by atoms with Crippen molar-refractivity contribution in [3.8, 4) is 0 Å². The number of rotatable bonds is 2. The topological polar surface area (TPSA) is 43.1 Å². The van der Waals surface area contributed by atoms with E-state index in [1.807, 2.05) is 0 Å². The molecule has 1 rings (SSSR count). The minimum absolute atomic E-state index is 0.167. The average Bonchev–Trinajstić information content (AvgIpc) is 1.93. The van der Waals surface area contributed by atoms with Crippen molar-refractivity contribution in [1.82, 2.24) is 0 Å². The van der Waals surface area contributed by atoms with Crippen molar-refractivity contribution in [3.05, 3.63) is 35.6 Å². The molecule has 0 radical (unpaired) electrons. The highest BCUT2D eigenvalue weighted by molar-refractivity contribution is 5.76. The van der Waals surface area contributed by atoms with Crippen LogP contribution < -0.4 is 5.73 Å². The van der Waals surface area contributed by atoms with Crippen LogP contribution in [0.5, 0.6) is 0 Å². The molecule has 11 heavy (non-hydrogen) atoms. The van der Waals surface area contributed by atoms with Gasteiger partial charge in [0.2, 0.25) is 5.91 Å². The number of halogens is 1. The third-order valence-corrected chi connectivity index (χ3v) is 1.29. The smallest absolute Gasteiger partial charge is 0.221 e. The lowest BCUT2D eigenvalue weighted by Crippen LogP contribution is -2.13. The van der Waals surface area contributed by atoms with Gasteiger partial charge in [0, 0.05) is 0 Å². The van der Waals surface area contributed by atoms with E-state index in [9.17, 15) is 9.18 Å². The van der Waals surface area contributed by atoms with Crippen LogP contribution in [0, 0.1) is 5.82 Å². The van der Waals surface area contributed by atoms with Crippen LogP contribution in [0.1, 0.15) is 5.56 Å². The van der Waals surface area contributed by atoms with Gasteiger partial charge in [-0.3, -0.25) is 4.79 Å². The maximum Gasteiger partial charge on any atom is 0.221 e.